The molecule has 2 N–H and O–H groups in total. The molecule has 4 nitrogen and oxygen atoms in total. The van der Waals surface area contributed by atoms with E-state index < -0.39 is 11.5 Å². The number of hydrogen-bond acceptors (Lipinski definition) is 3. The number of amides is 1. The zero-order valence-corrected chi connectivity index (χ0v) is 12.9. The molecule has 1 fully saturated rings. The third kappa shape index (κ3) is 2.93. The highest BCUT2D eigenvalue weighted by atomic mass is 16.2. The fraction of sp³-hybridized carbons (Fsp3) is 0.529. The fourth-order valence-corrected chi connectivity index (χ4v) is 2.95. The lowest BCUT2D eigenvalue weighted by molar-refractivity contribution is -0.134. The van der Waals surface area contributed by atoms with Crippen molar-refractivity contribution in [2.45, 2.75) is 44.7 Å². The minimum Gasteiger partial charge on any atom is -0.325 e. The molecule has 1 aromatic carbocycles. The zero-order chi connectivity index (χ0) is 15.6. The van der Waals surface area contributed by atoms with E-state index >= 15 is 0 Å². The summed E-state index contributed by atoms with van der Waals surface area (Å²) >= 11 is 0. The van der Waals surface area contributed by atoms with E-state index in [1.54, 1.807) is 4.90 Å². The highest BCUT2D eigenvalue weighted by Gasteiger charge is 2.41. The summed E-state index contributed by atoms with van der Waals surface area (Å²) in [5.41, 5.74) is 6.83. The van der Waals surface area contributed by atoms with Gasteiger partial charge >= 0.3 is 0 Å². The van der Waals surface area contributed by atoms with Gasteiger partial charge in [-0.3, -0.25) is 4.79 Å². The quantitative estimate of drug-likeness (QED) is 0.924. The second kappa shape index (κ2) is 5.87. The predicted molar refractivity (Wildman–Crippen MR) is 82.3 cm³/mol. The number of nitriles is 1. The average Bonchev–Trinajstić information content (AvgIpc) is 2.87. The van der Waals surface area contributed by atoms with Gasteiger partial charge in [-0.05, 0) is 17.9 Å². The summed E-state index contributed by atoms with van der Waals surface area (Å²) in [5, 5.41) is 9.22. The highest BCUT2D eigenvalue weighted by Crippen LogP contribution is 2.30. The van der Waals surface area contributed by atoms with Crippen LogP contribution in [0.5, 0.6) is 0 Å². The molecule has 4 heteroatoms. The normalized spacial score (nSPS) is 23.7. The predicted octanol–water partition coefficient (Wildman–Crippen LogP) is 2.05. The number of hydrogen-bond donors (Lipinski definition) is 1. The third-order valence-corrected chi connectivity index (χ3v) is 4.50. The molecule has 3 atom stereocenters. The molecule has 1 amide bonds. The van der Waals surface area contributed by atoms with E-state index in [1.807, 2.05) is 44.2 Å². The Hall–Kier alpha value is -1.86. The standard InChI is InChI=1S/C17H23N3O/c1-12-9-14(10-18)20(11-12)16(21)15(19)17(2,3)13-7-5-4-6-8-13/h4-8,12,14-15H,9,11,19H2,1-3H3/t12-,14+,15?/m1/s1. The number of rotatable bonds is 3. The van der Waals surface area contributed by atoms with Crippen molar-refractivity contribution in [2.75, 3.05) is 6.54 Å². The van der Waals surface area contributed by atoms with Gasteiger partial charge in [-0.2, -0.15) is 5.26 Å². The maximum atomic E-state index is 12.7. The minimum atomic E-state index is -0.652. The maximum absolute atomic E-state index is 12.7. The molecule has 0 aliphatic carbocycles. The van der Waals surface area contributed by atoms with Crippen molar-refractivity contribution in [1.82, 2.24) is 4.90 Å². The number of nitrogens with zero attached hydrogens (tertiary/aromatic N) is 2. The molecule has 112 valence electrons. The molecule has 1 unspecified atom stereocenters. The first kappa shape index (κ1) is 15.5. The van der Waals surface area contributed by atoms with E-state index in [0.717, 1.165) is 12.0 Å². The second-order valence-electron chi connectivity index (χ2n) is 6.54. The Kier molecular flexibility index (Phi) is 4.34. The van der Waals surface area contributed by atoms with Gasteiger partial charge in [0.05, 0.1) is 12.1 Å². The topological polar surface area (TPSA) is 70.1 Å². The highest BCUT2D eigenvalue weighted by molar-refractivity contribution is 5.84. The van der Waals surface area contributed by atoms with Crippen LogP contribution >= 0.6 is 0 Å². The van der Waals surface area contributed by atoms with Crippen LogP contribution < -0.4 is 5.73 Å². The zero-order valence-electron chi connectivity index (χ0n) is 12.9. The van der Waals surface area contributed by atoms with Gasteiger partial charge in [0.15, 0.2) is 0 Å². The number of benzene rings is 1. The monoisotopic (exact) mass is 285 g/mol. The summed E-state index contributed by atoms with van der Waals surface area (Å²) in [6, 6.07) is 11.0. The van der Waals surface area contributed by atoms with Crippen LogP contribution in [-0.4, -0.2) is 29.4 Å². The summed E-state index contributed by atoms with van der Waals surface area (Å²) in [7, 11) is 0. The Morgan fingerprint density at radius 2 is 2.05 bits per heavy atom. The van der Waals surface area contributed by atoms with Crippen LogP contribution in [0.15, 0.2) is 30.3 Å². The third-order valence-electron chi connectivity index (χ3n) is 4.50. The van der Waals surface area contributed by atoms with E-state index in [0.29, 0.717) is 12.5 Å². The van der Waals surface area contributed by atoms with Crippen LogP contribution in [0.4, 0.5) is 0 Å². The van der Waals surface area contributed by atoms with Gasteiger partial charge in [0.1, 0.15) is 6.04 Å². The number of likely N-dealkylation sites (tertiary alicyclic amines) is 1. The van der Waals surface area contributed by atoms with Crippen molar-refractivity contribution in [3.63, 3.8) is 0 Å². The molecular formula is C17H23N3O. The molecule has 21 heavy (non-hydrogen) atoms. The molecule has 0 spiro atoms. The van der Waals surface area contributed by atoms with E-state index in [2.05, 4.69) is 13.0 Å². The van der Waals surface area contributed by atoms with Crippen LogP contribution in [0.1, 0.15) is 32.8 Å². The second-order valence-corrected chi connectivity index (χ2v) is 6.54. The molecule has 1 saturated heterocycles. The Balaban J connectivity index is 2.21. The minimum absolute atomic E-state index is 0.125. The summed E-state index contributed by atoms with van der Waals surface area (Å²) < 4.78 is 0. The smallest absolute Gasteiger partial charge is 0.241 e. The summed E-state index contributed by atoms with van der Waals surface area (Å²) in [6.45, 7) is 6.64. The molecule has 1 aliphatic rings. The SMILES string of the molecule is C[C@@H]1C[C@@H](C#N)N(C(=O)C(N)C(C)(C)c2ccccc2)C1. The van der Waals surface area contributed by atoms with E-state index in [1.165, 1.54) is 0 Å². The van der Waals surface area contributed by atoms with Crippen molar-refractivity contribution in [1.29, 1.82) is 5.26 Å². The van der Waals surface area contributed by atoms with Gasteiger partial charge in [0.25, 0.3) is 0 Å². The van der Waals surface area contributed by atoms with Gasteiger partial charge < -0.3 is 10.6 Å². The van der Waals surface area contributed by atoms with Crippen LogP contribution in [0.25, 0.3) is 0 Å². The molecule has 2 rings (SSSR count). The van der Waals surface area contributed by atoms with Gasteiger partial charge in [0.2, 0.25) is 5.91 Å². The van der Waals surface area contributed by atoms with Crippen LogP contribution in [0, 0.1) is 17.2 Å². The van der Waals surface area contributed by atoms with Gasteiger partial charge in [-0.15, -0.1) is 0 Å². The van der Waals surface area contributed by atoms with Crippen molar-refractivity contribution in [2.24, 2.45) is 11.7 Å². The van der Waals surface area contributed by atoms with E-state index in [4.69, 9.17) is 5.73 Å². The van der Waals surface area contributed by atoms with Crippen molar-refractivity contribution in [3.05, 3.63) is 35.9 Å². The number of carbonyl (C=O) groups is 1. The van der Waals surface area contributed by atoms with Crippen molar-refractivity contribution in [3.8, 4) is 6.07 Å². The number of nitrogens with two attached hydrogens (primary N) is 1. The molecule has 1 heterocycles. The van der Waals surface area contributed by atoms with Gasteiger partial charge in [-0.1, -0.05) is 51.1 Å². The fourth-order valence-electron chi connectivity index (χ4n) is 2.95. The van der Waals surface area contributed by atoms with Crippen LogP contribution in [0.2, 0.25) is 0 Å². The number of carbonyl (C=O) groups excluding carboxylic acids is 1. The van der Waals surface area contributed by atoms with E-state index in [-0.39, 0.29) is 11.9 Å². The molecule has 0 saturated carbocycles. The molecule has 1 aliphatic heterocycles. The summed E-state index contributed by atoms with van der Waals surface area (Å²) in [6.07, 6.45) is 0.737. The van der Waals surface area contributed by atoms with Crippen LogP contribution in [-0.2, 0) is 10.2 Å². The molecular weight excluding hydrogens is 262 g/mol. The lowest BCUT2D eigenvalue weighted by Gasteiger charge is -2.34. The van der Waals surface area contributed by atoms with Gasteiger partial charge in [0, 0.05) is 12.0 Å². The lowest BCUT2D eigenvalue weighted by Crippen LogP contribution is -2.54. The van der Waals surface area contributed by atoms with Crippen molar-refractivity contribution < 1.29 is 4.79 Å². The average molecular weight is 285 g/mol. The maximum Gasteiger partial charge on any atom is 0.241 e. The largest absolute Gasteiger partial charge is 0.325 e. The Morgan fingerprint density at radius 3 is 2.62 bits per heavy atom. The first-order valence-electron chi connectivity index (χ1n) is 7.39. The summed E-state index contributed by atoms with van der Waals surface area (Å²) in [4.78, 5) is 14.4. The van der Waals surface area contributed by atoms with Gasteiger partial charge in [-0.25, -0.2) is 0 Å². The molecule has 0 bridgehead atoms. The first-order valence-corrected chi connectivity index (χ1v) is 7.39. The molecule has 0 radical (unpaired) electrons. The Labute approximate surface area is 126 Å². The first-order chi connectivity index (χ1) is 9.87. The van der Waals surface area contributed by atoms with E-state index in [9.17, 15) is 10.1 Å². The summed E-state index contributed by atoms with van der Waals surface area (Å²) in [5.74, 6) is 0.227. The Morgan fingerprint density at radius 1 is 1.43 bits per heavy atom. The lowest BCUT2D eigenvalue weighted by atomic mass is 9.77. The molecule has 1 aromatic rings. The molecule has 0 aromatic heterocycles. The Bertz CT molecular complexity index is 547. The van der Waals surface area contributed by atoms with Crippen molar-refractivity contribution >= 4 is 5.91 Å². The van der Waals surface area contributed by atoms with Crippen LogP contribution in [0.3, 0.4) is 0 Å².